The number of nitrogens with one attached hydrogen (secondary N) is 1. The fourth-order valence-corrected chi connectivity index (χ4v) is 4.91. The standard InChI is InChI=1S/C22H25N3O4S/c23-30(28,29)18-10-8-16(9-11-18)21(26)24-20-7-3-6-19(20)22(27)25-13-12-15-4-1-2-5-17(15)14-25/h1-2,4-5,8-11,19-20H,3,6-7,12-14H2,(H,24,26)(H2,23,28,29)/t19-,20+/m0/s1. The van der Waals surface area contributed by atoms with Crippen molar-refractivity contribution in [2.24, 2.45) is 11.1 Å². The van der Waals surface area contributed by atoms with Crippen LogP contribution < -0.4 is 10.5 Å². The third-order valence-corrected chi connectivity index (χ3v) is 6.97. The van der Waals surface area contributed by atoms with Gasteiger partial charge in [0.05, 0.1) is 10.8 Å². The van der Waals surface area contributed by atoms with Crippen LogP contribution in [0.2, 0.25) is 0 Å². The summed E-state index contributed by atoms with van der Waals surface area (Å²) >= 11 is 0. The molecule has 1 heterocycles. The summed E-state index contributed by atoms with van der Waals surface area (Å²) in [5.41, 5.74) is 2.82. The first-order valence-electron chi connectivity index (χ1n) is 10.1. The van der Waals surface area contributed by atoms with Gasteiger partial charge < -0.3 is 10.2 Å². The van der Waals surface area contributed by atoms with Crippen molar-refractivity contribution in [1.29, 1.82) is 0 Å². The van der Waals surface area contributed by atoms with Crippen molar-refractivity contribution in [3.63, 3.8) is 0 Å². The first-order chi connectivity index (χ1) is 14.3. The van der Waals surface area contributed by atoms with E-state index in [-0.39, 0.29) is 28.7 Å². The van der Waals surface area contributed by atoms with Crippen LogP contribution in [0, 0.1) is 5.92 Å². The number of carbonyl (C=O) groups excluding carboxylic acids is 2. The maximum atomic E-state index is 13.2. The number of carbonyl (C=O) groups is 2. The Balaban J connectivity index is 1.42. The van der Waals surface area contributed by atoms with Crippen LogP contribution in [-0.4, -0.2) is 37.7 Å². The van der Waals surface area contributed by atoms with E-state index in [4.69, 9.17) is 5.14 Å². The largest absolute Gasteiger partial charge is 0.349 e. The van der Waals surface area contributed by atoms with Crippen LogP contribution >= 0.6 is 0 Å². The number of amides is 2. The van der Waals surface area contributed by atoms with E-state index in [0.29, 0.717) is 18.7 Å². The van der Waals surface area contributed by atoms with E-state index in [9.17, 15) is 18.0 Å². The highest BCUT2D eigenvalue weighted by molar-refractivity contribution is 7.89. The molecule has 1 fully saturated rings. The van der Waals surface area contributed by atoms with E-state index in [2.05, 4.69) is 17.4 Å². The fraction of sp³-hybridized carbons (Fsp3) is 0.364. The molecular weight excluding hydrogens is 402 g/mol. The van der Waals surface area contributed by atoms with Crippen LogP contribution in [0.1, 0.15) is 40.7 Å². The summed E-state index contributed by atoms with van der Waals surface area (Å²) in [6.07, 6.45) is 3.24. The number of nitrogens with two attached hydrogens (primary N) is 1. The molecule has 0 spiro atoms. The lowest BCUT2D eigenvalue weighted by atomic mass is 9.96. The summed E-state index contributed by atoms with van der Waals surface area (Å²) in [5.74, 6) is -0.454. The summed E-state index contributed by atoms with van der Waals surface area (Å²) in [4.78, 5) is 27.7. The Morgan fingerprint density at radius 2 is 1.70 bits per heavy atom. The second-order valence-corrected chi connectivity index (χ2v) is 9.53. The molecule has 1 saturated carbocycles. The molecule has 7 nitrogen and oxygen atoms in total. The molecule has 3 N–H and O–H groups in total. The molecule has 2 aliphatic rings. The highest BCUT2D eigenvalue weighted by Gasteiger charge is 2.37. The molecule has 0 unspecified atom stereocenters. The van der Waals surface area contributed by atoms with Gasteiger partial charge in [-0.1, -0.05) is 30.7 Å². The number of hydrogen-bond acceptors (Lipinski definition) is 4. The van der Waals surface area contributed by atoms with Crippen LogP contribution in [0.5, 0.6) is 0 Å². The van der Waals surface area contributed by atoms with Gasteiger partial charge in [0.15, 0.2) is 0 Å². The zero-order chi connectivity index (χ0) is 21.3. The smallest absolute Gasteiger partial charge is 0.251 e. The van der Waals surface area contributed by atoms with Gasteiger partial charge in [-0.15, -0.1) is 0 Å². The van der Waals surface area contributed by atoms with Crippen LogP contribution in [-0.2, 0) is 27.8 Å². The molecule has 8 heteroatoms. The van der Waals surface area contributed by atoms with E-state index in [0.717, 1.165) is 25.7 Å². The summed E-state index contributed by atoms with van der Waals surface area (Å²) in [6, 6.07) is 13.5. The predicted molar refractivity (Wildman–Crippen MR) is 112 cm³/mol. The molecule has 0 aromatic heterocycles. The van der Waals surface area contributed by atoms with Gasteiger partial charge >= 0.3 is 0 Å². The van der Waals surface area contributed by atoms with Gasteiger partial charge in [0, 0.05) is 24.7 Å². The van der Waals surface area contributed by atoms with Gasteiger partial charge in [-0.25, -0.2) is 13.6 Å². The molecule has 0 bridgehead atoms. The van der Waals surface area contributed by atoms with Crippen molar-refractivity contribution >= 4 is 21.8 Å². The number of benzene rings is 2. The second kappa shape index (κ2) is 8.20. The predicted octanol–water partition coefficient (Wildman–Crippen LogP) is 1.82. The topological polar surface area (TPSA) is 110 Å². The molecular formula is C22H25N3O4S. The summed E-state index contributed by atoms with van der Waals surface area (Å²) < 4.78 is 22.7. The Hall–Kier alpha value is -2.71. The molecule has 4 rings (SSSR count). The summed E-state index contributed by atoms with van der Waals surface area (Å²) in [5, 5.41) is 8.07. The van der Waals surface area contributed by atoms with Crippen molar-refractivity contribution in [3.05, 3.63) is 65.2 Å². The van der Waals surface area contributed by atoms with E-state index < -0.39 is 10.0 Å². The van der Waals surface area contributed by atoms with E-state index in [1.54, 1.807) is 0 Å². The number of hydrogen-bond donors (Lipinski definition) is 2. The van der Waals surface area contributed by atoms with Gasteiger partial charge in [0.25, 0.3) is 5.91 Å². The molecule has 0 saturated heterocycles. The molecule has 2 atom stereocenters. The Labute approximate surface area is 176 Å². The second-order valence-electron chi connectivity index (χ2n) is 7.97. The summed E-state index contributed by atoms with van der Waals surface area (Å²) in [6.45, 7) is 1.31. The van der Waals surface area contributed by atoms with Gasteiger partial charge in [-0.3, -0.25) is 9.59 Å². The van der Waals surface area contributed by atoms with Crippen LogP contribution in [0.4, 0.5) is 0 Å². The van der Waals surface area contributed by atoms with Crippen molar-refractivity contribution in [1.82, 2.24) is 10.2 Å². The quantitative estimate of drug-likeness (QED) is 0.775. The van der Waals surface area contributed by atoms with Crippen molar-refractivity contribution in [3.8, 4) is 0 Å². The van der Waals surface area contributed by atoms with Crippen molar-refractivity contribution in [2.75, 3.05) is 6.54 Å². The number of rotatable bonds is 4. The number of sulfonamides is 1. The van der Waals surface area contributed by atoms with Crippen LogP contribution in [0.15, 0.2) is 53.4 Å². The Morgan fingerprint density at radius 1 is 1.00 bits per heavy atom. The Bertz CT molecular complexity index is 1070. The first kappa shape index (κ1) is 20.6. The highest BCUT2D eigenvalue weighted by atomic mass is 32.2. The molecule has 158 valence electrons. The van der Waals surface area contributed by atoms with Crippen LogP contribution in [0.25, 0.3) is 0 Å². The minimum absolute atomic E-state index is 0.0432. The van der Waals surface area contributed by atoms with Crippen molar-refractivity contribution < 1.29 is 18.0 Å². The average Bonchev–Trinajstić information content (AvgIpc) is 3.20. The molecule has 1 aliphatic heterocycles. The minimum atomic E-state index is -3.80. The molecule has 2 amide bonds. The van der Waals surface area contributed by atoms with E-state index in [1.807, 2.05) is 17.0 Å². The monoisotopic (exact) mass is 427 g/mol. The highest BCUT2D eigenvalue weighted by Crippen LogP contribution is 2.30. The summed E-state index contributed by atoms with van der Waals surface area (Å²) in [7, 11) is -3.80. The molecule has 1 aliphatic carbocycles. The molecule has 2 aromatic rings. The molecule has 30 heavy (non-hydrogen) atoms. The average molecular weight is 428 g/mol. The third-order valence-electron chi connectivity index (χ3n) is 6.04. The first-order valence-corrected chi connectivity index (χ1v) is 11.7. The van der Waals surface area contributed by atoms with E-state index in [1.165, 1.54) is 35.4 Å². The van der Waals surface area contributed by atoms with Gasteiger partial charge in [-0.2, -0.15) is 0 Å². The maximum Gasteiger partial charge on any atom is 0.251 e. The number of primary sulfonamides is 1. The zero-order valence-electron chi connectivity index (χ0n) is 16.6. The number of fused-ring (bicyclic) bond motifs is 1. The molecule has 0 radical (unpaired) electrons. The van der Waals surface area contributed by atoms with Crippen LogP contribution in [0.3, 0.4) is 0 Å². The SMILES string of the molecule is NS(=O)(=O)c1ccc(C(=O)N[C@@H]2CCC[C@@H]2C(=O)N2CCc3ccccc3C2)cc1. The van der Waals surface area contributed by atoms with Gasteiger partial charge in [0.1, 0.15) is 0 Å². The van der Waals surface area contributed by atoms with E-state index >= 15 is 0 Å². The maximum absolute atomic E-state index is 13.2. The lowest BCUT2D eigenvalue weighted by Crippen LogP contribution is -2.46. The minimum Gasteiger partial charge on any atom is -0.349 e. The van der Waals surface area contributed by atoms with Gasteiger partial charge in [-0.05, 0) is 54.7 Å². The fourth-order valence-electron chi connectivity index (χ4n) is 4.39. The number of nitrogens with zero attached hydrogens (tertiary/aromatic N) is 1. The lowest BCUT2D eigenvalue weighted by Gasteiger charge is -2.32. The Kier molecular flexibility index (Phi) is 5.62. The lowest BCUT2D eigenvalue weighted by molar-refractivity contribution is -0.136. The normalized spacial score (nSPS) is 21.2. The zero-order valence-corrected chi connectivity index (χ0v) is 17.4. The van der Waals surface area contributed by atoms with Gasteiger partial charge in [0.2, 0.25) is 15.9 Å². The third kappa shape index (κ3) is 4.24. The van der Waals surface area contributed by atoms with Crippen molar-refractivity contribution in [2.45, 2.75) is 43.2 Å². The Morgan fingerprint density at radius 3 is 2.40 bits per heavy atom. The molecule has 2 aromatic carbocycles.